The number of hydrogen-bond donors (Lipinski definition) is 1. The Kier molecular flexibility index (Phi) is 3.25. The molecule has 5 nitrogen and oxygen atoms in total. The zero-order valence-electron chi connectivity index (χ0n) is 10.9. The maximum Gasteiger partial charge on any atom is 0.360 e. The lowest BCUT2D eigenvalue weighted by atomic mass is 10.2. The van der Waals surface area contributed by atoms with Crippen LogP contribution in [0.2, 0.25) is 0 Å². The minimum Gasteiger partial charge on any atom is -0.464 e. The van der Waals surface area contributed by atoms with Crippen molar-refractivity contribution in [2.75, 3.05) is 12.8 Å². The predicted molar refractivity (Wildman–Crippen MR) is 68.7 cm³/mol. The van der Waals surface area contributed by atoms with Crippen molar-refractivity contribution in [3.05, 3.63) is 41.1 Å². The third-order valence-electron chi connectivity index (χ3n) is 2.87. The maximum atomic E-state index is 13.4. The number of rotatable bonds is 2. The highest BCUT2D eigenvalue weighted by molar-refractivity contribution is 5.92. The number of hydrogen-bond acceptors (Lipinski definition) is 4. The number of aryl methyl sites for hydroxylation is 2. The molecule has 6 heteroatoms. The Bertz CT molecular complexity index is 650. The third kappa shape index (κ3) is 2.16. The van der Waals surface area contributed by atoms with Crippen LogP contribution in [-0.4, -0.2) is 22.6 Å². The van der Waals surface area contributed by atoms with Gasteiger partial charge in [-0.1, -0.05) is 6.07 Å². The van der Waals surface area contributed by atoms with E-state index in [2.05, 4.69) is 9.72 Å². The van der Waals surface area contributed by atoms with Crippen molar-refractivity contribution in [3.8, 4) is 5.69 Å². The van der Waals surface area contributed by atoms with Crippen LogP contribution in [0.3, 0.4) is 0 Å². The molecule has 0 saturated carbocycles. The summed E-state index contributed by atoms with van der Waals surface area (Å²) in [6.45, 7) is 3.51. The highest BCUT2D eigenvalue weighted by Gasteiger charge is 2.20. The summed E-state index contributed by atoms with van der Waals surface area (Å²) in [5.41, 5.74) is 7.32. The van der Waals surface area contributed by atoms with Crippen LogP contribution in [0.5, 0.6) is 0 Å². The molecule has 0 unspecified atom stereocenters. The molecule has 0 bridgehead atoms. The van der Waals surface area contributed by atoms with E-state index in [9.17, 15) is 9.18 Å². The van der Waals surface area contributed by atoms with Gasteiger partial charge < -0.3 is 10.5 Å². The van der Waals surface area contributed by atoms with Gasteiger partial charge >= 0.3 is 5.97 Å². The van der Waals surface area contributed by atoms with Crippen LogP contribution in [-0.2, 0) is 4.74 Å². The van der Waals surface area contributed by atoms with E-state index in [1.807, 2.05) is 6.92 Å². The normalized spacial score (nSPS) is 10.5. The first-order valence-electron chi connectivity index (χ1n) is 5.65. The molecule has 0 radical (unpaired) electrons. The molecular formula is C13H14FN3O2. The lowest BCUT2D eigenvalue weighted by Crippen LogP contribution is -2.08. The van der Waals surface area contributed by atoms with E-state index < -0.39 is 5.97 Å². The van der Waals surface area contributed by atoms with Gasteiger partial charge in [-0.3, -0.25) is 4.57 Å². The van der Waals surface area contributed by atoms with Gasteiger partial charge in [-0.15, -0.1) is 0 Å². The molecule has 2 rings (SSSR count). The fourth-order valence-corrected chi connectivity index (χ4v) is 1.92. The molecule has 0 aliphatic rings. The zero-order chi connectivity index (χ0) is 14.2. The van der Waals surface area contributed by atoms with E-state index >= 15 is 0 Å². The van der Waals surface area contributed by atoms with Crippen LogP contribution in [0.15, 0.2) is 18.2 Å². The molecule has 0 saturated heterocycles. The van der Waals surface area contributed by atoms with Crippen molar-refractivity contribution < 1.29 is 13.9 Å². The molecule has 0 atom stereocenters. The Hall–Kier alpha value is -2.37. The van der Waals surface area contributed by atoms with E-state index in [0.29, 0.717) is 11.5 Å². The minimum atomic E-state index is -0.617. The van der Waals surface area contributed by atoms with E-state index in [1.54, 1.807) is 13.0 Å². The number of ether oxygens (including phenoxy) is 1. The van der Waals surface area contributed by atoms with E-state index in [0.717, 1.165) is 5.56 Å². The highest BCUT2D eigenvalue weighted by Crippen LogP contribution is 2.24. The predicted octanol–water partition coefficient (Wildman–Crippen LogP) is 2.00. The smallest absolute Gasteiger partial charge is 0.360 e. The number of aromatic nitrogens is 2. The quantitative estimate of drug-likeness (QED) is 0.841. The first-order chi connectivity index (χ1) is 8.95. The largest absolute Gasteiger partial charge is 0.464 e. The number of nitrogens with zero attached hydrogens (tertiary/aromatic N) is 2. The topological polar surface area (TPSA) is 70.1 Å². The molecule has 0 fully saturated rings. The number of halogens is 1. The van der Waals surface area contributed by atoms with Crippen molar-refractivity contribution >= 4 is 11.8 Å². The molecule has 0 spiro atoms. The van der Waals surface area contributed by atoms with E-state index in [1.165, 1.54) is 23.8 Å². The van der Waals surface area contributed by atoms with Gasteiger partial charge in [0.2, 0.25) is 0 Å². The van der Waals surface area contributed by atoms with Crippen molar-refractivity contribution in [2.24, 2.45) is 0 Å². The number of anilines is 1. The Balaban J connectivity index is 2.66. The first-order valence-corrected chi connectivity index (χ1v) is 5.65. The number of benzene rings is 1. The first kappa shape index (κ1) is 13.1. The number of carbonyl (C=O) groups excluding carboxylic acids is 1. The lowest BCUT2D eigenvalue weighted by Gasteiger charge is -2.11. The van der Waals surface area contributed by atoms with Gasteiger partial charge in [0.25, 0.3) is 0 Å². The Morgan fingerprint density at radius 2 is 2.11 bits per heavy atom. The van der Waals surface area contributed by atoms with Crippen LogP contribution in [0.1, 0.15) is 21.9 Å². The highest BCUT2D eigenvalue weighted by atomic mass is 19.1. The summed E-state index contributed by atoms with van der Waals surface area (Å²) in [5.74, 6) is -0.370. The summed E-state index contributed by atoms with van der Waals surface area (Å²) < 4.78 is 19.5. The molecule has 100 valence electrons. The Labute approximate surface area is 109 Å². The van der Waals surface area contributed by atoms with Gasteiger partial charge in [-0.05, 0) is 31.5 Å². The number of methoxy groups -OCH3 is 1. The molecule has 0 aliphatic carbocycles. The van der Waals surface area contributed by atoms with E-state index in [4.69, 9.17) is 5.73 Å². The van der Waals surface area contributed by atoms with Gasteiger partial charge in [0.15, 0.2) is 5.69 Å². The molecule has 0 amide bonds. The minimum absolute atomic E-state index is 0.0312. The van der Waals surface area contributed by atoms with E-state index in [-0.39, 0.29) is 17.3 Å². The summed E-state index contributed by atoms with van der Waals surface area (Å²) >= 11 is 0. The van der Waals surface area contributed by atoms with Crippen molar-refractivity contribution in [3.63, 3.8) is 0 Å². The van der Waals surface area contributed by atoms with Crippen LogP contribution in [0.4, 0.5) is 10.2 Å². The molecule has 1 aromatic carbocycles. The van der Waals surface area contributed by atoms with Crippen LogP contribution in [0, 0.1) is 19.7 Å². The standard InChI is InChI=1S/C13H14FN3O2/c1-7-4-5-9(14)6-10(7)17-8(2)16-11(12(17)15)13(18)19-3/h4-6H,15H2,1-3H3. The second-order valence-corrected chi connectivity index (χ2v) is 4.15. The number of imidazole rings is 1. The third-order valence-corrected chi connectivity index (χ3v) is 2.87. The second-order valence-electron chi connectivity index (χ2n) is 4.15. The van der Waals surface area contributed by atoms with Crippen molar-refractivity contribution in [1.29, 1.82) is 0 Å². The fraction of sp³-hybridized carbons (Fsp3) is 0.231. The number of carbonyl (C=O) groups is 1. The number of esters is 1. The monoisotopic (exact) mass is 263 g/mol. The molecular weight excluding hydrogens is 249 g/mol. The van der Waals surface area contributed by atoms with Gasteiger partial charge in [0, 0.05) is 0 Å². The average molecular weight is 263 g/mol. The SMILES string of the molecule is COC(=O)c1nc(C)n(-c2cc(F)ccc2C)c1N. The molecule has 1 heterocycles. The van der Waals surface area contributed by atoms with Gasteiger partial charge in [0.1, 0.15) is 17.5 Å². The summed E-state index contributed by atoms with van der Waals surface area (Å²) in [4.78, 5) is 15.6. The van der Waals surface area contributed by atoms with Crippen molar-refractivity contribution in [2.45, 2.75) is 13.8 Å². The van der Waals surface area contributed by atoms with Gasteiger partial charge in [0.05, 0.1) is 12.8 Å². The zero-order valence-corrected chi connectivity index (χ0v) is 10.9. The summed E-state index contributed by atoms with van der Waals surface area (Å²) in [6, 6.07) is 4.35. The molecule has 19 heavy (non-hydrogen) atoms. The van der Waals surface area contributed by atoms with Gasteiger partial charge in [-0.2, -0.15) is 0 Å². The number of nitrogen functional groups attached to an aromatic ring is 1. The van der Waals surface area contributed by atoms with Crippen LogP contribution in [0.25, 0.3) is 5.69 Å². The van der Waals surface area contributed by atoms with Crippen LogP contribution >= 0.6 is 0 Å². The van der Waals surface area contributed by atoms with Crippen molar-refractivity contribution in [1.82, 2.24) is 9.55 Å². The summed E-state index contributed by atoms with van der Waals surface area (Å²) in [6.07, 6.45) is 0. The average Bonchev–Trinajstić information content (AvgIpc) is 2.67. The molecule has 0 aliphatic heterocycles. The maximum absolute atomic E-state index is 13.4. The Morgan fingerprint density at radius 1 is 1.42 bits per heavy atom. The van der Waals surface area contributed by atoms with Crippen LogP contribution < -0.4 is 5.73 Å². The number of nitrogens with two attached hydrogens (primary N) is 1. The Morgan fingerprint density at radius 3 is 2.74 bits per heavy atom. The molecule has 2 aromatic rings. The summed E-state index contributed by atoms with van der Waals surface area (Å²) in [5, 5.41) is 0. The molecule has 1 aromatic heterocycles. The summed E-state index contributed by atoms with van der Waals surface area (Å²) in [7, 11) is 1.25. The lowest BCUT2D eigenvalue weighted by molar-refractivity contribution is 0.0596. The molecule has 2 N–H and O–H groups in total. The fourth-order valence-electron chi connectivity index (χ4n) is 1.92. The second kappa shape index (κ2) is 4.72. The van der Waals surface area contributed by atoms with Gasteiger partial charge in [-0.25, -0.2) is 14.2 Å².